The van der Waals surface area contributed by atoms with Gasteiger partial charge in [0, 0.05) is 37.5 Å². The maximum atomic E-state index is 12.2. The quantitative estimate of drug-likeness (QED) is 0.874. The topological polar surface area (TPSA) is 65.5 Å². The summed E-state index contributed by atoms with van der Waals surface area (Å²) in [4.78, 5) is 19.8. The van der Waals surface area contributed by atoms with Crippen LogP contribution in [0.15, 0.2) is 0 Å². The van der Waals surface area contributed by atoms with Gasteiger partial charge in [0.15, 0.2) is 0 Å². The molecule has 2 amide bonds. The molecule has 0 radical (unpaired) electrons. The zero-order valence-electron chi connectivity index (χ0n) is 13.8. The van der Waals surface area contributed by atoms with Gasteiger partial charge in [-0.2, -0.15) is 0 Å². The average Bonchev–Trinajstić information content (AvgIpc) is 2.85. The third kappa shape index (κ3) is 3.98. The minimum atomic E-state index is 0.00708. The molecule has 1 aliphatic heterocycles. The number of carbonyl (C=O) groups excluding carboxylic acids is 1. The zero-order valence-corrected chi connectivity index (χ0v) is 14.6. The molecule has 1 aromatic heterocycles. The van der Waals surface area contributed by atoms with E-state index in [4.69, 9.17) is 0 Å². The number of carbonyl (C=O) groups is 1. The summed E-state index contributed by atoms with van der Waals surface area (Å²) in [5.74, 6) is 0. The summed E-state index contributed by atoms with van der Waals surface area (Å²) in [6, 6.07) is 0.00708. The Labute approximate surface area is 136 Å². The number of amides is 2. The van der Waals surface area contributed by atoms with E-state index in [1.807, 2.05) is 11.8 Å². The van der Waals surface area contributed by atoms with Crippen molar-refractivity contribution in [2.45, 2.75) is 46.5 Å². The van der Waals surface area contributed by atoms with Crippen LogP contribution in [-0.4, -0.2) is 47.3 Å². The fourth-order valence-electron chi connectivity index (χ4n) is 2.84. The number of nitrogens with one attached hydrogen (secondary N) is 1. The molecule has 0 spiro atoms. The first-order valence-corrected chi connectivity index (χ1v) is 8.88. The standard InChI is InChI=1S/C16H27N3O2S/c1-4-16(11-20)6-9-19(10-7-16)15(21)17-8-5-14-18-12(2)13(3)22-14/h20H,4-11H2,1-3H3,(H,17,21). The minimum absolute atomic E-state index is 0.00708. The molecular weight excluding hydrogens is 298 g/mol. The number of aryl methyl sites for hydroxylation is 2. The lowest BCUT2D eigenvalue weighted by molar-refractivity contribution is 0.0520. The highest BCUT2D eigenvalue weighted by atomic mass is 32.1. The number of aliphatic hydroxyl groups is 1. The number of urea groups is 1. The predicted molar refractivity (Wildman–Crippen MR) is 89.3 cm³/mol. The summed E-state index contributed by atoms with van der Waals surface area (Å²) in [6.45, 7) is 8.52. The predicted octanol–water partition coefficient (Wildman–Crippen LogP) is 2.50. The van der Waals surface area contributed by atoms with Crippen LogP contribution in [0.2, 0.25) is 0 Å². The molecule has 2 rings (SSSR count). The van der Waals surface area contributed by atoms with Crippen molar-refractivity contribution in [2.75, 3.05) is 26.2 Å². The minimum Gasteiger partial charge on any atom is -0.396 e. The van der Waals surface area contributed by atoms with E-state index in [9.17, 15) is 9.90 Å². The summed E-state index contributed by atoms with van der Waals surface area (Å²) in [6.07, 6.45) is 3.53. The van der Waals surface area contributed by atoms with Gasteiger partial charge in [-0.1, -0.05) is 6.92 Å². The monoisotopic (exact) mass is 325 g/mol. The van der Waals surface area contributed by atoms with Gasteiger partial charge < -0.3 is 15.3 Å². The van der Waals surface area contributed by atoms with Gasteiger partial charge in [0.25, 0.3) is 0 Å². The number of rotatable bonds is 5. The van der Waals surface area contributed by atoms with Crippen LogP contribution in [0.25, 0.3) is 0 Å². The lowest BCUT2D eigenvalue weighted by Gasteiger charge is -2.40. The van der Waals surface area contributed by atoms with Crippen LogP contribution in [-0.2, 0) is 6.42 Å². The molecule has 0 saturated carbocycles. The van der Waals surface area contributed by atoms with Crippen LogP contribution in [0.3, 0.4) is 0 Å². The van der Waals surface area contributed by atoms with E-state index in [1.54, 1.807) is 11.3 Å². The highest BCUT2D eigenvalue weighted by Gasteiger charge is 2.33. The smallest absolute Gasteiger partial charge is 0.317 e. The lowest BCUT2D eigenvalue weighted by atomic mass is 9.77. The Morgan fingerprint density at radius 2 is 2.09 bits per heavy atom. The molecule has 6 heteroatoms. The van der Waals surface area contributed by atoms with Crippen molar-refractivity contribution in [3.63, 3.8) is 0 Å². The zero-order chi connectivity index (χ0) is 16.2. The van der Waals surface area contributed by atoms with E-state index in [-0.39, 0.29) is 18.1 Å². The molecule has 1 fully saturated rings. The molecule has 124 valence electrons. The molecule has 1 aliphatic rings. The van der Waals surface area contributed by atoms with Crippen LogP contribution >= 0.6 is 11.3 Å². The number of piperidine rings is 1. The first-order chi connectivity index (χ1) is 10.5. The number of aliphatic hydroxyl groups excluding tert-OH is 1. The molecule has 0 aliphatic carbocycles. The van der Waals surface area contributed by atoms with Crippen molar-refractivity contribution in [2.24, 2.45) is 5.41 Å². The molecule has 0 unspecified atom stereocenters. The number of hydrogen-bond donors (Lipinski definition) is 2. The maximum absolute atomic E-state index is 12.2. The Bertz CT molecular complexity index is 482. The van der Waals surface area contributed by atoms with Crippen molar-refractivity contribution in [3.05, 3.63) is 15.6 Å². The first-order valence-electron chi connectivity index (χ1n) is 8.06. The summed E-state index contributed by atoms with van der Waals surface area (Å²) < 4.78 is 0. The number of thiazole rings is 1. The number of likely N-dealkylation sites (tertiary alicyclic amines) is 1. The second-order valence-electron chi connectivity index (χ2n) is 6.23. The van der Waals surface area contributed by atoms with Gasteiger partial charge in [-0.05, 0) is 38.5 Å². The van der Waals surface area contributed by atoms with E-state index in [2.05, 4.69) is 24.1 Å². The summed E-state index contributed by atoms with van der Waals surface area (Å²) in [7, 11) is 0. The number of nitrogens with zero attached hydrogens (tertiary/aromatic N) is 2. The molecule has 5 nitrogen and oxygen atoms in total. The van der Waals surface area contributed by atoms with Gasteiger partial charge >= 0.3 is 6.03 Å². The van der Waals surface area contributed by atoms with Crippen molar-refractivity contribution >= 4 is 17.4 Å². The second-order valence-corrected chi connectivity index (χ2v) is 7.52. The van der Waals surface area contributed by atoms with Crippen LogP contribution in [0.4, 0.5) is 4.79 Å². The Kier molecular flexibility index (Phi) is 5.81. The number of aromatic nitrogens is 1. The van der Waals surface area contributed by atoms with E-state index in [1.165, 1.54) is 4.88 Å². The van der Waals surface area contributed by atoms with Crippen LogP contribution in [0.5, 0.6) is 0 Å². The molecule has 2 N–H and O–H groups in total. The van der Waals surface area contributed by atoms with Crippen molar-refractivity contribution in [1.82, 2.24) is 15.2 Å². The molecule has 0 atom stereocenters. The van der Waals surface area contributed by atoms with Crippen LogP contribution < -0.4 is 5.32 Å². The lowest BCUT2D eigenvalue weighted by Crippen LogP contribution is -2.48. The Hall–Kier alpha value is -1.14. The van der Waals surface area contributed by atoms with Crippen molar-refractivity contribution in [1.29, 1.82) is 0 Å². The average molecular weight is 325 g/mol. The van der Waals surface area contributed by atoms with Gasteiger partial charge in [-0.25, -0.2) is 9.78 Å². The Balaban J connectivity index is 1.74. The Morgan fingerprint density at radius 3 is 2.59 bits per heavy atom. The van der Waals surface area contributed by atoms with E-state index in [0.717, 1.165) is 49.5 Å². The van der Waals surface area contributed by atoms with E-state index >= 15 is 0 Å². The van der Waals surface area contributed by atoms with Crippen LogP contribution in [0.1, 0.15) is 41.8 Å². The van der Waals surface area contributed by atoms with Gasteiger partial charge in [0.1, 0.15) is 0 Å². The maximum Gasteiger partial charge on any atom is 0.317 e. The Morgan fingerprint density at radius 1 is 1.41 bits per heavy atom. The molecular formula is C16H27N3O2S. The fraction of sp³-hybridized carbons (Fsp3) is 0.750. The SMILES string of the molecule is CCC1(CO)CCN(C(=O)NCCc2nc(C)c(C)s2)CC1. The third-order valence-corrected chi connectivity index (χ3v) is 6.02. The van der Waals surface area contributed by atoms with Crippen LogP contribution in [0, 0.1) is 19.3 Å². The summed E-state index contributed by atoms with van der Waals surface area (Å²) in [5.41, 5.74) is 1.11. The molecule has 2 heterocycles. The largest absolute Gasteiger partial charge is 0.396 e. The number of hydrogen-bond acceptors (Lipinski definition) is 4. The highest BCUT2D eigenvalue weighted by molar-refractivity contribution is 7.11. The second kappa shape index (κ2) is 7.42. The summed E-state index contributed by atoms with van der Waals surface area (Å²) in [5, 5.41) is 13.6. The van der Waals surface area contributed by atoms with Gasteiger partial charge in [0.05, 0.1) is 10.7 Å². The van der Waals surface area contributed by atoms with Gasteiger partial charge in [0.2, 0.25) is 0 Å². The van der Waals surface area contributed by atoms with Gasteiger partial charge in [-0.3, -0.25) is 0 Å². The fourth-order valence-corrected chi connectivity index (χ4v) is 3.78. The highest BCUT2D eigenvalue weighted by Crippen LogP contribution is 2.34. The molecule has 0 bridgehead atoms. The molecule has 22 heavy (non-hydrogen) atoms. The van der Waals surface area contributed by atoms with E-state index < -0.39 is 0 Å². The van der Waals surface area contributed by atoms with E-state index in [0.29, 0.717) is 6.54 Å². The molecule has 1 saturated heterocycles. The van der Waals surface area contributed by atoms with Gasteiger partial charge in [-0.15, -0.1) is 11.3 Å². The molecule has 1 aromatic rings. The normalized spacial score (nSPS) is 17.5. The third-order valence-electron chi connectivity index (χ3n) is 4.88. The first kappa shape index (κ1) is 17.2. The summed E-state index contributed by atoms with van der Waals surface area (Å²) >= 11 is 1.70. The van der Waals surface area contributed by atoms with Crippen molar-refractivity contribution in [3.8, 4) is 0 Å². The molecule has 0 aromatic carbocycles. The van der Waals surface area contributed by atoms with Crippen molar-refractivity contribution < 1.29 is 9.90 Å².